The van der Waals surface area contributed by atoms with E-state index in [0.29, 0.717) is 18.0 Å². The second-order valence-electron chi connectivity index (χ2n) is 5.94. The predicted octanol–water partition coefficient (Wildman–Crippen LogP) is 5.26. The van der Waals surface area contributed by atoms with Crippen LogP contribution in [0, 0.1) is 5.82 Å². The highest BCUT2D eigenvalue weighted by Gasteiger charge is 2.32. The first kappa shape index (κ1) is 14.7. The van der Waals surface area contributed by atoms with Gasteiger partial charge in [-0.05, 0) is 54.3 Å². The van der Waals surface area contributed by atoms with Crippen LogP contribution in [0.5, 0.6) is 0 Å². The first-order chi connectivity index (χ1) is 10.3. The molecule has 0 saturated heterocycles. The normalized spacial score (nSPS) is 22.8. The molecule has 21 heavy (non-hydrogen) atoms. The van der Waals surface area contributed by atoms with E-state index in [1.54, 1.807) is 6.07 Å². The van der Waals surface area contributed by atoms with Gasteiger partial charge in [0.1, 0.15) is 5.82 Å². The lowest BCUT2D eigenvalue weighted by atomic mass is 9.75. The van der Waals surface area contributed by atoms with E-state index in [0.717, 1.165) is 18.4 Å². The molecule has 1 N–H and O–H groups in total. The van der Waals surface area contributed by atoms with Crippen molar-refractivity contribution in [2.45, 2.75) is 50.6 Å². The zero-order valence-electron chi connectivity index (χ0n) is 12.4. The summed E-state index contributed by atoms with van der Waals surface area (Å²) in [5.74, 6) is 0.398. The zero-order chi connectivity index (χ0) is 14.7. The molecular weight excluding hydrogens is 281 g/mol. The van der Waals surface area contributed by atoms with E-state index in [4.69, 9.17) is 0 Å². The lowest BCUT2D eigenvalue weighted by molar-refractivity contribution is 0.260. The van der Waals surface area contributed by atoms with Crippen LogP contribution in [-0.2, 0) is 0 Å². The molecule has 1 atom stereocenters. The Balaban J connectivity index is 1.56. The minimum Gasteiger partial charge on any atom is -0.306 e. The van der Waals surface area contributed by atoms with E-state index in [9.17, 15) is 4.39 Å². The second-order valence-corrected chi connectivity index (χ2v) is 6.92. The fourth-order valence-corrected chi connectivity index (χ4v) is 3.98. The van der Waals surface area contributed by atoms with Gasteiger partial charge >= 0.3 is 0 Å². The van der Waals surface area contributed by atoms with Gasteiger partial charge in [0.05, 0.1) is 0 Å². The summed E-state index contributed by atoms with van der Waals surface area (Å²) in [7, 11) is 0. The number of hydrogen-bond acceptors (Lipinski definition) is 2. The number of benzene rings is 1. The molecule has 0 radical (unpaired) electrons. The van der Waals surface area contributed by atoms with Gasteiger partial charge in [-0.2, -0.15) is 0 Å². The van der Waals surface area contributed by atoms with Gasteiger partial charge in [-0.3, -0.25) is 0 Å². The molecule has 112 valence electrons. The van der Waals surface area contributed by atoms with E-state index in [1.165, 1.54) is 23.8 Å². The van der Waals surface area contributed by atoms with Gasteiger partial charge in [0, 0.05) is 17.0 Å². The summed E-state index contributed by atoms with van der Waals surface area (Å²) >= 11 is 1.83. The van der Waals surface area contributed by atoms with Crippen molar-refractivity contribution in [2.24, 2.45) is 0 Å². The lowest BCUT2D eigenvalue weighted by Gasteiger charge is -2.38. The average Bonchev–Trinajstić information content (AvgIpc) is 2.95. The van der Waals surface area contributed by atoms with E-state index in [1.807, 2.05) is 23.5 Å². The first-order valence-electron chi connectivity index (χ1n) is 7.81. The molecule has 1 saturated carbocycles. The molecule has 1 unspecified atom stereocenters. The molecule has 1 heterocycles. The van der Waals surface area contributed by atoms with Gasteiger partial charge in [0.15, 0.2) is 0 Å². The van der Waals surface area contributed by atoms with Crippen LogP contribution < -0.4 is 5.32 Å². The molecule has 2 aromatic rings. The Kier molecular flexibility index (Phi) is 4.71. The van der Waals surface area contributed by atoms with Crippen LogP contribution in [0.3, 0.4) is 0 Å². The zero-order valence-corrected chi connectivity index (χ0v) is 13.2. The summed E-state index contributed by atoms with van der Waals surface area (Å²) in [6.07, 6.45) is 4.61. The van der Waals surface area contributed by atoms with E-state index >= 15 is 0 Å². The topological polar surface area (TPSA) is 12.0 Å². The van der Waals surface area contributed by atoms with Crippen molar-refractivity contribution in [1.29, 1.82) is 0 Å². The molecule has 3 rings (SSSR count). The number of halogens is 1. The molecule has 1 fully saturated rings. The Bertz CT molecular complexity index is 560. The standard InChI is InChI=1S/C18H22FNS/c1-2-5-17(18-8-4-9-21-18)20-16-11-14(12-16)13-6-3-7-15(19)10-13/h3-4,6-10,14,16-17,20H,2,5,11-12H2,1H3. The molecule has 1 aromatic heterocycles. The third kappa shape index (κ3) is 3.53. The fraction of sp³-hybridized carbons (Fsp3) is 0.444. The number of rotatable bonds is 6. The highest BCUT2D eigenvalue weighted by atomic mass is 32.1. The van der Waals surface area contributed by atoms with Crippen LogP contribution in [0.4, 0.5) is 4.39 Å². The molecule has 0 amide bonds. The molecular formula is C18H22FNS. The lowest BCUT2D eigenvalue weighted by Crippen LogP contribution is -2.41. The molecule has 3 heteroatoms. The Labute approximate surface area is 130 Å². The summed E-state index contributed by atoms with van der Waals surface area (Å²) in [5, 5.41) is 5.94. The Morgan fingerprint density at radius 1 is 1.29 bits per heavy atom. The number of hydrogen-bond donors (Lipinski definition) is 1. The molecule has 1 aromatic carbocycles. The maximum atomic E-state index is 13.3. The molecule has 0 aliphatic heterocycles. The van der Waals surface area contributed by atoms with Gasteiger partial charge in [0.25, 0.3) is 0 Å². The molecule has 0 bridgehead atoms. The van der Waals surface area contributed by atoms with Crippen molar-refractivity contribution < 1.29 is 4.39 Å². The summed E-state index contributed by atoms with van der Waals surface area (Å²) in [5.41, 5.74) is 1.15. The minimum atomic E-state index is -0.119. The smallest absolute Gasteiger partial charge is 0.123 e. The van der Waals surface area contributed by atoms with Crippen LogP contribution in [-0.4, -0.2) is 6.04 Å². The number of thiophene rings is 1. The highest BCUT2D eigenvalue weighted by molar-refractivity contribution is 7.10. The van der Waals surface area contributed by atoms with Crippen molar-refractivity contribution >= 4 is 11.3 Å². The third-order valence-electron chi connectivity index (χ3n) is 4.36. The maximum Gasteiger partial charge on any atom is 0.123 e. The second kappa shape index (κ2) is 6.71. The molecule has 1 aliphatic rings. The Morgan fingerprint density at radius 3 is 2.81 bits per heavy atom. The summed E-state index contributed by atoms with van der Waals surface area (Å²) in [6, 6.07) is 12.5. The van der Waals surface area contributed by atoms with Crippen molar-refractivity contribution in [2.75, 3.05) is 0 Å². The third-order valence-corrected chi connectivity index (χ3v) is 5.34. The summed E-state index contributed by atoms with van der Waals surface area (Å²) in [6.45, 7) is 2.23. The van der Waals surface area contributed by atoms with Crippen molar-refractivity contribution in [1.82, 2.24) is 5.32 Å². The van der Waals surface area contributed by atoms with Gasteiger partial charge in [-0.1, -0.05) is 31.5 Å². The Morgan fingerprint density at radius 2 is 2.14 bits per heavy atom. The Hall–Kier alpha value is -1.19. The predicted molar refractivity (Wildman–Crippen MR) is 87.3 cm³/mol. The monoisotopic (exact) mass is 303 g/mol. The minimum absolute atomic E-state index is 0.119. The fourth-order valence-electron chi connectivity index (χ4n) is 3.16. The largest absolute Gasteiger partial charge is 0.306 e. The van der Waals surface area contributed by atoms with Gasteiger partial charge in [0.2, 0.25) is 0 Å². The average molecular weight is 303 g/mol. The van der Waals surface area contributed by atoms with Crippen LogP contribution >= 0.6 is 11.3 Å². The molecule has 1 nitrogen and oxygen atoms in total. The van der Waals surface area contributed by atoms with Crippen LogP contribution in [0.25, 0.3) is 0 Å². The number of nitrogens with one attached hydrogen (secondary N) is 1. The maximum absolute atomic E-state index is 13.3. The first-order valence-corrected chi connectivity index (χ1v) is 8.69. The highest BCUT2D eigenvalue weighted by Crippen LogP contribution is 2.38. The summed E-state index contributed by atoms with van der Waals surface area (Å²) in [4.78, 5) is 1.44. The van der Waals surface area contributed by atoms with Gasteiger partial charge in [-0.25, -0.2) is 4.39 Å². The van der Waals surface area contributed by atoms with Crippen molar-refractivity contribution in [3.05, 3.63) is 58.0 Å². The van der Waals surface area contributed by atoms with Crippen LogP contribution in [0.15, 0.2) is 41.8 Å². The van der Waals surface area contributed by atoms with Crippen molar-refractivity contribution in [3.63, 3.8) is 0 Å². The van der Waals surface area contributed by atoms with Crippen molar-refractivity contribution in [3.8, 4) is 0 Å². The van der Waals surface area contributed by atoms with E-state index in [-0.39, 0.29) is 5.82 Å². The SMILES string of the molecule is CCCC(NC1CC(c2cccc(F)c2)C1)c1cccs1. The molecule has 0 spiro atoms. The summed E-state index contributed by atoms with van der Waals surface area (Å²) < 4.78 is 13.3. The van der Waals surface area contributed by atoms with Crippen LogP contribution in [0.1, 0.15) is 55.0 Å². The van der Waals surface area contributed by atoms with Gasteiger partial charge in [-0.15, -0.1) is 11.3 Å². The van der Waals surface area contributed by atoms with E-state index in [2.05, 4.69) is 29.8 Å². The van der Waals surface area contributed by atoms with Crippen LogP contribution in [0.2, 0.25) is 0 Å². The van der Waals surface area contributed by atoms with E-state index < -0.39 is 0 Å². The quantitative estimate of drug-likeness (QED) is 0.767. The van der Waals surface area contributed by atoms with Gasteiger partial charge < -0.3 is 5.32 Å². The molecule has 1 aliphatic carbocycles.